The number of thioether (sulfide) groups is 1. The van der Waals surface area contributed by atoms with Crippen molar-refractivity contribution < 1.29 is 9.53 Å². The lowest BCUT2D eigenvalue weighted by Gasteiger charge is -2.11. The number of fused-ring (bicyclic) bond motifs is 1. The molecule has 25 heavy (non-hydrogen) atoms. The summed E-state index contributed by atoms with van der Waals surface area (Å²) in [7, 11) is 0. The normalized spacial score (nSPS) is 12.1. The van der Waals surface area contributed by atoms with Crippen LogP contribution in [0.4, 0.5) is 11.4 Å². The van der Waals surface area contributed by atoms with Gasteiger partial charge in [-0.05, 0) is 56.3 Å². The first-order valence-electron chi connectivity index (χ1n) is 7.91. The molecule has 7 heteroatoms. The smallest absolute Gasteiger partial charge is 0.237 e. The van der Waals surface area contributed by atoms with Crippen molar-refractivity contribution in [3.05, 3.63) is 42.5 Å². The van der Waals surface area contributed by atoms with Crippen molar-refractivity contribution in [1.29, 1.82) is 0 Å². The summed E-state index contributed by atoms with van der Waals surface area (Å²) in [6, 6.07) is 13.0. The molecule has 3 rings (SSSR count). The van der Waals surface area contributed by atoms with Gasteiger partial charge in [-0.2, -0.15) is 0 Å². The molecule has 0 aliphatic rings. The standard InChI is InChI=1S/C18H19N3O2S2/c1-3-23-14-7-5-13(6-8-14)20-17(22)11(2)24-18-21-15-9-4-12(19)10-16(15)25-18/h4-11H,3,19H2,1-2H3,(H,20,22). The minimum Gasteiger partial charge on any atom is -0.494 e. The van der Waals surface area contributed by atoms with E-state index in [1.807, 2.05) is 56.3 Å². The topological polar surface area (TPSA) is 77.2 Å². The minimum absolute atomic E-state index is 0.0621. The zero-order valence-electron chi connectivity index (χ0n) is 14.0. The van der Waals surface area contributed by atoms with Gasteiger partial charge in [0, 0.05) is 11.4 Å². The van der Waals surface area contributed by atoms with Gasteiger partial charge in [-0.25, -0.2) is 4.98 Å². The van der Waals surface area contributed by atoms with Crippen LogP contribution in [0, 0.1) is 0 Å². The number of nitrogen functional groups attached to an aromatic ring is 1. The van der Waals surface area contributed by atoms with Crippen LogP contribution in [-0.4, -0.2) is 22.7 Å². The third-order valence-corrected chi connectivity index (χ3v) is 5.68. The monoisotopic (exact) mass is 373 g/mol. The number of nitrogens with one attached hydrogen (secondary N) is 1. The Bertz CT molecular complexity index is 878. The van der Waals surface area contributed by atoms with Crippen LogP contribution in [0.1, 0.15) is 13.8 Å². The number of anilines is 2. The molecule has 3 N–H and O–H groups in total. The molecule has 1 heterocycles. The molecular formula is C18H19N3O2S2. The van der Waals surface area contributed by atoms with Gasteiger partial charge in [-0.1, -0.05) is 11.8 Å². The number of aromatic nitrogens is 1. The fraction of sp³-hybridized carbons (Fsp3) is 0.222. The number of ether oxygens (including phenoxy) is 1. The van der Waals surface area contributed by atoms with Crippen molar-refractivity contribution in [1.82, 2.24) is 4.98 Å². The molecule has 0 aliphatic carbocycles. The van der Waals surface area contributed by atoms with E-state index in [2.05, 4.69) is 10.3 Å². The van der Waals surface area contributed by atoms with E-state index in [4.69, 9.17) is 10.5 Å². The van der Waals surface area contributed by atoms with Gasteiger partial charge in [0.2, 0.25) is 5.91 Å². The number of carbonyl (C=O) groups excluding carboxylic acids is 1. The Kier molecular flexibility index (Phi) is 5.45. The molecule has 5 nitrogen and oxygen atoms in total. The van der Waals surface area contributed by atoms with Crippen LogP contribution >= 0.6 is 23.1 Å². The number of thiazole rings is 1. The molecule has 130 valence electrons. The molecule has 1 unspecified atom stereocenters. The van der Waals surface area contributed by atoms with Gasteiger partial charge in [0.15, 0.2) is 4.34 Å². The van der Waals surface area contributed by atoms with Gasteiger partial charge in [-0.3, -0.25) is 4.79 Å². The molecule has 0 spiro atoms. The molecular weight excluding hydrogens is 354 g/mol. The fourth-order valence-corrected chi connectivity index (χ4v) is 4.48. The van der Waals surface area contributed by atoms with Crippen molar-refractivity contribution >= 4 is 50.6 Å². The molecule has 0 saturated carbocycles. The average Bonchev–Trinajstić information content (AvgIpc) is 2.98. The summed E-state index contributed by atoms with van der Waals surface area (Å²) < 4.78 is 7.28. The number of amides is 1. The third kappa shape index (κ3) is 4.43. The van der Waals surface area contributed by atoms with Gasteiger partial charge in [0.1, 0.15) is 5.75 Å². The molecule has 3 aromatic rings. The van der Waals surface area contributed by atoms with Gasteiger partial charge < -0.3 is 15.8 Å². The predicted molar refractivity (Wildman–Crippen MR) is 106 cm³/mol. The number of carbonyl (C=O) groups is 1. The highest BCUT2D eigenvalue weighted by Crippen LogP contribution is 2.33. The first kappa shape index (κ1) is 17.6. The maximum Gasteiger partial charge on any atom is 0.237 e. The maximum absolute atomic E-state index is 12.4. The van der Waals surface area contributed by atoms with Gasteiger partial charge >= 0.3 is 0 Å². The Morgan fingerprint density at radius 3 is 2.80 bits per heavy atom. The van der Waals surface area contributed by atoms with Crippen LogP contribution in [0.2, 0.25) is 0 Å². The van der Waals surface area contributed by atoms with Crippen LogP contribution in [0.25, 0.3) is 10.2 Å². The Balaban J connectivity index is 1.63. The number of rotatable bonds is 6. The molecule has 0 aliphatic heterocycles. The van der Waals surface area contributed by atoms with E-state index in [-0.39, 0.29) is 11.2 Å². The van der Waals surface area contributed by atoms with Gasteiger partial charge in [0.05, 0.1) is 22.1 Å². The molecule has 1 atom stereocenters. The number of nitrogens with zero attached hydrogens (tertiary/aromatic N) is 1. The Hall–Kier alpha value is -2.25. The molecule has 0 bridgehead atoms. The summed E-state index contributed by atoms with van der Waals surface area (Å²) in [5, 5.41) is 2.66. The maximum atomic E-state index is 12.4. The zero-order chi connectivity index (χ0) is 17.8. The second-order valence-electron chi connectivity index (χ2n) is 5.41. The first-order valence-corrected chi connectivity index (χ1v) is 9.61. The summed E-state index contributed by atoms with van der Waals surface area (Å²) >= 11 is 2.99. The highest BCUT2D eigenvalue weighted by Gasteiger charge is 2.17. The van der Waals surface area contributed by atoms with E-state index in [0.29, 0.717) is 12.3 Å². The number of benzene rings is 2. The van der Waals surface area contributed by atoms with E-state index in [1.54, 1.807) is 11.3 Å². The van der Waals surface area contributed by atoms with E-state index < -0.39 is 0 Å². The van der Waals surface area contributed by atoms with E-state index >= 15 is 0 Å². The van der Waals surface area contributed by atoms with Crippen molar-refractivity contribution in [3.63, 3.8) is 0 Å². The summed E-state index contributed by atoms with van der Waals surface area (Å²) in [6.45, 7) is 4.42. The molecule has 1 amide bonds. The van der Waals surface area contributed by atoms with E-state index in [0.717, 1.165) is 26.0 Å². The van der Waals surface area contributed by atoms with Crippen LogP contribution < -0.4 is 15.8 Å². The summed E-state index contributed by atoms with van der Waals surface area (Å²) in [5.74, 6) is 0.726. The number of hydrogen-bond donors (Lipinski definition) is 2. The second kappa shape index (κ2) is 7.76. The van der Waals surface area contributed by atoms with Crippen molar-refractivity contribution in [3.8, 4) is 5.75 Å². The number of nitrogens with two attached hydrogens (primary N) is 1. The largest absolute Gasteiger partial charge is 0.494 e. The second-order valence-corrected chi connectivity index (χ2v) is 8.03. The molecule has 0 radical (unpaired) electrons. The highest BCUT2D eigenvalue weighted by atomic mass is 32.2. The average molecular weight is 374 g/mol. The van der Waals surface area contributed by atoms with Crippen LogP contribution in [0.3, 0.4) is 0 Å². The fourth-order valence-electron chi connectivity index (χ4n) is 2.22. The van der Waals surface area contributed by atoms with Crippen LogP contribution in [-0.2, 0) is 4.79 Å². The zero-order valence-corrected chi connectivity index (χ0v) is 15.6. The highest BCUT2D eigenvalue weighted by molar-refractivity contribution is 8.02. The van der Waals surface area contributed by atoms with Crippen molar-refractivity contribution in [2.75, 3.05) is 17.7 Å². The molecule has 2 aromatic carbocycles. The summed E-state index contributed by atoms with van der Waals surface area (Å²) in [5.41, 5.74) is 8.17. The Morgan fingerprint density at radius 2 is 2.08 bits per heavy atom. The van der Waals surface area contributed by atoms with Crippen molar-refractivity contribution in [2.45, 2.75) is 23.4 Å². The molecule has 1 aromatic heterocycles. The summed E-state index contributed by atoms with van der Waals surface area (Å²) in [6.07, 6.45) is 0. The van der Waals surface area contributed by atoms with E-state index in [1.165, 1.54) is 11.8 Å². The summed E-state index contributed by atoms with van der Waals surface area (Å²) in [4.78, 5) is 16.9. The van der Waals surface area contributed by atoms with Gasteiger partial charge in [-0.15, -0.1) is 11.3 Å². The lowest BCUT2D eigenvalue weighted by Crippen LogP contribution is -2.22. The third-order valence-electron chi connectivity index (χ3n) is 3.47. The Labute approximate surface area is 154 Å². The molecule has 0 saturated heterocycles. The van der Waals surface area contributed by atoms with Crippen molar-refractivity contribution in [2.24, 2.45) is 0 Å². The quantitative estimate of drug-likeness (QED) is 0.495. The van der Waals surface area contributed by atoms with Gasteiger partial charge in [0.25, 0.3) is 0 Å². The van der Waals surface area contributed by atoms with E-state index in [9.17, 15) is 4.79 Å². The van der Waals surface area contributed by atoms with Crippen LogP contribution in [0.15, 0.2) is 46.8 Å². The van der Waals surface area contributed by atoms with Crippen LogP contribution in [0.5, 0.6) is 5.75 Å². The lowest BCUT2D eigenvalue weighted by atomic mass is 10.3. The molecule has 0 fully saturated rings. The Morgan fingerprint density at radius 1 is 1.32 bits per heavy atom. The lowest BCUT2D eigenvalue weighted by molar-refractivity contribution is -0.115. The SMILES string of the molecule is CCOc1ccc(NC(=O)C(C)Sc2nc3ccc(N)cc3s2)cc1. The predicted octanol–water partition coefficient (Wildman–Crippen LogP) is 4.40. The number of hydrogen-bond acceptors (Lipinski definition) is 6. The first-order chi connectivity index (χ1) is 12.0. The minimum atomic E-state index is -0.260.